The maximum Gasteiger partial charge on any atom is 0.348 e. The molecule has 2 aromatic heterocycles. The van der Waals surface area contributed by atoms with E-state index in [0.29, 0.717) is 24.7 Å². The van der Waals surface area contributed by atoms with Crippen LogP contribution < -0.4 is 5.32 Å². The molecule has 0 saturated carbocycles. The Hall–Kier alpha value is -2.19. The molecular formula is C17H22N4O3S. The van der Waals surface area contributed by atoms with E-state index in [9.17, 15) is 9.59 Å². The Balaban J connectivity index is 1.49. The Morgan fingerprint density at radius 2 is 2.24 bits per heavy atom. The fourth-order valence-corrected chi connectivity index (χ4v) is 3.96. The number of nitrogens with zero attached hydrogens (tertiary/aromatic N) is 3. The number of carbonyl (C=O) groups is 2. The summed E-state index contributed by atoms with van der Waals surface area (Å²) in [5.41, 5.74) is 2.57. The maximum atomic E-state index is 12.1. The van der Waals surface area contributed by atoms with Gasteiger partial charge in [0.25, 0.3) is 0 Å². The molecule has 3 heterocycles. The number of carboxylic acids is 1. The van der Waals surface area contributed by atoms with Gasteiger partial charge in [0.05, 0.1) is 17.4 Å². The highest BCUT2D eigenvalue weighted by atomic mass is 32.1. The summed E-state index contributed by atoms with van der Waals surface area (Å²) < 4.78 is 2.08. The van der Waals surface area contributed by atoms with Crippen LogP contribution in [0.1, 0.15) is 39.9 Å². The Bertz CT molecular complexity index is 783. The van der Waals surface area contributed by atoms with Crippen LogP contribution in [-0.4, -0.2) is 51.3 Å². The van der Waals surface area contributed by atoms with Crippen LogP contribution in [0.25, 0.3) is 0 Å². The van der Waals surface area contributed by atoms with Crippen LogP contribution in [-0.2, 0) is 4.79 Å². The van der Waals surface area contributed by atoms with E-state index in [1.807, 2.05) is 6.92 Å². The van der Waals surface area contributed by atoms with Gasteiger partial charge < -0.3 is 15.3 Å². The monoisotopic (exact) mass is 362 g/mol. The van der Waals surface area contributed by atoms with Gasteiger partial charge in [-0.05, 0) is 37.8 Å². The molecule has 2 N–H and O–H groups in total. The second-order valence-corrected chi connectivity index (χ2v) is 7.30. The summed E-state index contributed by atoms with van der Waals surface area (Å²) in [6.07, 6.45) is 1.37. The number of aromatic carboxylic acids is 1. The Morgan fingerprint density at radius 1 is 1.44 bits per heavy atom. The Labute approximate surface area is 150 Å². The maximum absolute atomic E-state index is 12.1. The summed E-state index contributed by atoms with van der Waals surface area (Å²) >= 11 is 1.11. The molecule has 3 rings (SSSR count). The molecule has 1 saturated heterocycles. The van der Waals surface area contributed by atoms with E-state index in [4.69, 9.17) is 5.11 Å². The van der Waals surface area contributed by atoms with Crippen molar-refractivity contribution in [1.82, 2.24) is 14.7 Å². The zero-order valence-electron chi connectivity index (χ0n) is 14.4. The largest absolute Gasteiger partial charge is 0.477 e. The van der Waals surface area contributed by atoms with Crippen molar-refractivity contribution < 1.29 is 14.7 Å². The Morgan fingerprint density at radius 3 is 2.92 bits per heavy atom. The number of anilines is 1. The molecule has 25 heavy (non-hydrogen) atoms. The van der Waals surface area contributed by atoms with Crippen LogP contribution in [0.2, 0.25) is 0 Å². The molecule has 134 valence electrons. The topological polar surface area (TPSA) is 87.5 Å². The molecule has 1 unspecified atom stereocenters. The van der Waals surface area contributed by atoms with E-state index in [2.05, 4.69) is 33.0 Å². The number of aryl methyl sites for hydroxylation is 2. The van der Waals surface area contributed by atoms with Gasteiger partial charge in [0.1, 0.15) is 4.88 Å². The van der Waals surface area contributed by atoms with Crippen molar-refractivity contribution in [1.29, 1.82) is 0 Å². The molecule has 1 fully saturated rings. The first-order valence-electron chi connectivity index (χ1n) is 8.30. The lowest BCUT2D eigenvalue weighted by Crippen LogP contribution is -2.27. The number of rotatable bonds is 6. The van der Waals surface area contributed by atoms with Crippen molar-refractivity contribution in [2.75, 3.05) is 25.0 Å². The molecule has 0 spiro atoms. The molecule has 1 aliphatic heterocycles. The standard InChI is InChI=1S/C17H22N4O3S/c1-11-9-12(2)21(19-11)13-3-6-20(10-13)7-4-15(22)18-14-5-8-25-16(14)17(23)24/h5,8-9,13H,3-4,6-7,10H2,1-2H3,(H,18,22)(H,23,24). The summed E-state index contributed by atoms with van der Waals surface area (Å²) in [5.74, 6) is -1.17. The summed E-state index contributed by atoms with van der Waals surface area (Å²) in [5, 5.41) is 18.0. The molecule has 7 nitrogen and oxygen atoms in total. The number of hydrogen-bond donors (Lipinski definition) is 2. The SMILES string of the molecule is Cc1cc(C)n(C2CCN(CCC(=O)Nc3ccsc3C(=O)O)C2)n1. The third kappa shape index (κ3) is 4.08. The van der Waals surface area contributed by atoms with Gasteiger partial charge >= 0.3 is 5.97 Å². The molecule has 8 heteroatoms. The fourth-order valence-electron chi connectivity index (χ4n) is 3.28. The highest BCUT2D eigenvalue weighted by Crippen LogP contribution is 2.24. The van der Waals surface area contributed by atoms with Crippen LogP contribution in [0.3, 0.4) is 0 Å². The van der Waals surface area contributed by atoms with E-state index < -0.39 is 5.97 Å². The first kappa shape index (κ1) is 17.6. The van der Waals surface area contributed by atoms with Gasteiger partial charge in [-0.1, -0.05) is 0 Å². The minimum Gasteiger partial charge on any atom is -0.477 e. The van der Waals surface area contributed by atoms with Crippen LogP contribution >= 0.6 is 11.3 Å². The van der Waals surface area contributed by atoms with Gasteiger partial charge in [-0.25, -0.2) is 4.79 Å². The van der Waals surface area contributed by atoms with Crippen molar-refractivity contribution in [2.45, 2.75) is 32.7 Å². The minimum atomic E-state index is -1.02. The molecule has 0 aliphatic carbocycles. The fraction of sp³-hybridized carbons (Fsp3) is 0.471. The number of hydrogen-bond acceptors (Lipinski definition) is 5. The lowest BCUT2D eigenvalue weighted by Gasteiger charge is -2.16. The van der Waals surface area contributed by atoms with Crippen molar-refractivity contribution in [3.05, 3.63) is 33.8 Å². The van der Waals surface area contributed by atoms with Gasteiger partial charge in [0.15, 0.2) is 0 Å². The quantitative estimate of drug-likeness (QED) is 0.824. The predicted molar refractivity (Wildman–Crippen MR) is 96.3 cm³/mol. The van der Waals surface area contributed by atoms with E-state index in [0.717, 1.165) is 36.5 Å². The highest BCUT2D eigenvalue weighted by Gasteiger charge is 2.25. The van der Waals surface area contributed by atoms with Gasteiger partial charge in [0, 0.05) is 31.7 Å². The van der Waals surface area contributed by atoms with Crippen LogP contribution in [0, 0.1) is 13.8 Å². The van der Waals surface area contributed by atoms with Gasteiger partial charge in [-0.2, -0.15) is 5.10 Å². The Kier molecular flexibility index (Phi) is 5.19. The number of aromatic nitrogens is 2. The number of likely N-dealkylation sites (tertiary alicyclic amines) is 1. The normalized spacial score (nSPS) is 17.8. The van der Waals surface area contributed by atoms with Crippen LogP contribution in [0.5, 0.6) is 0 Å². The van der Waals surface area contributed by atoms with Gasteiger partial charge in [0.2, 0.25) is 5.91 Å². The molecule has 1 atom stereocenters. The molecule has 1 amide bonds. The number of carboxylic acid groups (broad SMARTS) is 1. The lowest BCUT2D eigenvalue weighted by molar-refractivity contribution is -0.116. The molecule has 2 aromatic rings. The van der Waals surface area contributed by atoms with Crippen LogP contribution in [0.4, 0.5) is 5.69 Å². The first-order valence-corrected chi connectivity index (χ1v) is 9.17. The highest BCUT2D eigenvalue weighted by molar-refractivity contribution is 7.12. The molecule has 0 bridgehead atoms. The number of nitrogens with one attached hydrogen (secondary N) is 1. The second kappa shape index (κ2) is 7.37. The third-order valence-corrected chi connectivity index (χ3v) is 5.33. The van der Waals surface area contributed by atoms with E-state index in [1.165, 1.54) is 5.69 Å². The van der Waals surface area contributed by atoms with Gasteiger partial charge in [-0.3, -0.25) is 9.48 Å². The van der Waals surface area contributed by atoms with E-state index >= 15 is 0 Å². The average molecular weight is 362 g/mol. The summed E-state index contributed by atoms with van der Waals surface area (Å²) in [4.78, 5) is 25.6. The zero-order chi connectivity index (χ0) is 18.0. The average Bonchev–Trinajstić information content (AvgIpc) is 3.25. The number of carbonyl (C=O) groups excluding carboxylic acids is 1. The van der Waals surface area contributed by atoms with E-state index in [-0.39, 0.29) is 10.8 Å². The smallest absolute Gasteiger partial charge is 0.348 e. The predicted octanol–water partition coefficient (Wildman–Crippen LogP) is 2.54. The minimum absolute atomic E-state index is 0.157. The van der Waals surface area contributed by atoms with Crippen LogP contribution in [0.15, 0.2) is 17.5 Å². The molecular weight excluding hydrogens is 340 g/mol. The second-order valence-electron chi connectivity index (χ2n) is 6.38. The van der Waals surface area contributed by atoms with Crippen molar-refractivity contribution in [2.24, 2.45) is 0 Å². The number of thiophene rings is 1. The number of amides is 1. The molecule has 0 radical (unpaired) electrons. The van der Waals surface area contributed by atoms with E-state index in [1.54, 1.807) is 11.4 Å². The lowest BCUT2D eigenvalue weighted by atomic mass is 10.2. The summed E-state index contributed by atoms with van der Waals surface area (Å²) in [6, 6.07) is 4.06. The zero-order valence-corrected chi connectivity index (χ0v) is 15.2. The van der Waals surface area contributed by atoms with Crippen molar-refractivity contribution in [3.63, 3.8) is 0 Å². The van der Waals surface area contributed by atoms with Gasteiger partial charge in [-0.15, -0.1) is 11.3 Å². The van der Waals surface area contributed by atoms with Crippen molar-refractivity contribution in [3.8, 4) is 0 Å². The molecule has 0 aromatic carbocycles. The summed E-state index contributed by atoms with van der Waals surface area (Å²) in [7, 11) is 0. The summed E-state index contributed by atoms with van der Waals surface area (Å²) in [6.45, 7) is 6.55. The first-order chi connectivity index (χ1) is 11.9. The molecule has 1 aliphatic rings. The van der Waals surface area contributed by atoms with Crippen molar-refractivity contribution >= 4 is 28.9 Å². The third-order valence-electron chi connectivity index (χ3n) is 4.43.